The van der Waals surface area contributed by atoms with Crippen molar-refractivity contribution in [2.45, 2.75) is 25.8 Å². The van der Waals surface area contributed by atoms with E-state index in [9.17, 15) is 0 Å². The third-order valence-corrected chi connectivity index (χ3v) is 4.61. The zero-order chi connectivity index (χ0) is 17.5. The predicted molar refractivity (Wildman–Crippen MR) is 119 cm³/mol. The molecule has 1 aliphatic carbocycles. The number of benzene rings is 2. The summed E-state index contributed by atoms with van der Waals surface area (Å²) in [6, 6.07) is 18.8. The fraction of sp³-hybridized carbons (Fsp3) is 0.381. The lowest BCUT2D eigenvalue weighted by atomic mass is 10.1. The lowest BCUT2D eigenvalue weighted by molar-refractivity contribution is 0.414. The van der Waals surface area contributed by atoms with Gasteiger partial charge in [0.25, 0.3) is 0 Å². The van der Waals surface area contributed by atoms with Gasteiger partial charge in [-0.2, -0.15) is 0 Å². The zero-order valence-electron chi connectivity index (χ0n) is 15.4. The molecule has 2 atom stereocenters. The maximum Gasteiger partial charge on any atom is 0.191 e. The quantitative estimate of drug-likeness (QED) is 0.367. The Morgan fingerprint density at radius 3 is 2.46 bits per heavy atom. The molecule has 2 unspecified atom stereocenters. The smallest absolute Gasteiger partial charge is 0.191 e. The second-order valence-electron chi connectivity index (χ2n) is 6.44. The van der Waals surface area contributed by atoms with Crippen LogP contribution in [-0.4, -0.2) is 26.2 Å². The van der Waals surface area contributed by atoms with E-state index in [0.29, 0.717) is 18.4 Å². The Morgan fingerprint density at radius 1 is 1.08 bits per heavy atom. The summed E-state index contributed by atoms with van der Waals surface area (Å²) in [7, 11) is 1.68. The van der Waals surface area contributed by atoms with Gasteiger partial charge in [0.2, 0.25) is 0 Å². The van der Waals surface area contributed by atoms with E-state index in [1.165, 1.54) is 17.5 Å². The molecule has 0 radical (unpaired) electrons. The van der Waals surface area contributed by atoms with Crippen LogP contribution in [-0.2, 0) is 6.54 Å². The fourth-order valence-corrected chi connectivity index (χ4v) is 3.05. The van der Waals surface area contributed by atoms with Gasteiger partial charge in [0.05, 0.1) is 13.7 Å². The summed E-state index contributed by atoms with van der Waals surface area (Å²) in [4.78, 5) is 4.69. The van der Waals surface area contributed by atoms with Crippen molar-refractivity contribution in [2.75, 3.05) is 20.2 Å². The van der Waals surface area contributed by atoms with Gasteiger partial charge >= 0.3 is 0 Å². The summed E-state index contributed by atoms with van der Waals surface area (Å²) < 4.78 is 5.19. The maximum atomic E-state index is 5.19. The summed E-state index contributed by atoms with van der Waals surface area (Å²) in [6.45, 7) is 4.58. The zero-order valence-corrected chi connectivity index (χ0v) is 17.8. The molecular weight excluding hydrogens is 437 g/mol. The highest BCUT2D eigenvalue weighted by atomic mass is 127. The van der Waals surface area contributed by atoms with Crippen LogP contribution >= 0.6 is 24.0 Å². The number of nitrogens with one attached hydrogen (secondary N) is 2. The van der Waals surface area contributed by atoms with Gasteiger partial charge < -0.3 is 15.4 Å². The maximum absolute atomic E-state index is 5.19. The number of methoxy groups -OCH3 is 1. The molecule has 2 aromatic rings. The first kappa shape index (κ1) is 20.6. The molecule has 0 bridgehead atoms. The lowest BCUT2D eigenvalue weighted by Gasteiger charge is -2.11. The molecular formula is C21H28IN3O. The molecule has 0 heterocycles. The average Bonchev–Trinajstić information content (AvgIpc) is 3.45. The van der Waals surface area contributed by atoms with E-state index in [1.807, 2.05) is 12.1 Å². The van der Waals surface area contributed by atoms with Gasteiger partial charge in [-0.25, -0.2) is 4.99 Å². The fourth-order valence-electron chi connectivity index (χ4n) is 3.05. The molecule has 2 N–H and O–H groups in total. The SMILES string of the molecule is CCNC(=NCc1ccc(OC)cc1)NCC1CC1c1ccccc1.I. The Kier molecular flexibility index (Phi) is 8.22. The number of hydrogen-bond acceptors (Lipinski definition) is 2. The summed E-state index contributed by atoms with van der Waals surface area (Å²) >= 11 is 0. The Labute approximate surface area is 173 Å². The van der Waals surface area contributed by atoms with Gasteiger partial charge in [0.1, 0.15) is 5.75 Å². The third kappa shape index (κ3) is 5.90. The van der Waals surface area contributed by atoms with E-state index >= 15 is 0 Å². The Morgan fingerprint density at radius 2 is 1.81 bits per heavy atom. The van der Waals surface area contributed by atoms with Gasteiger partial charge in [0, 0.05) is 13.1 Å². The van der Waals surface area contributed by atoms with E-state index in [2.05, 4.69) is 60.0 Å². The van der Waals surface area contributed by atoms with Crippen molar-refractivity contribution in [3.05, 3.63) is 65.7 Å². The summed E-state index contributed by atoms with van der Waals surface area (Å²) in [5.41, 5.74) is 2.63. The van der Waals surface area contributed by atoms with Crippen molar-refractivity contribution in [2.24, 2.45) is 10.9 Å². The van der Waals surface area contributed by atoms with E-state index in [4.69, 9.17) is 9.73 Å². The van der Waals surface area contributed by atoms with E-state index in [0.717, 1.165) is 24.8 Å². The molecule has 4 nitrogen and oxygen atoms in total. The normalized spacial score (nSPS) is 18.6. The second-order valence-corrected chi connectivity index (χ2v) is 6.44. The van der Waals surface area contributed by atoms with Gasteiger partial charge in [0.15, 0.2) is 5.96 Å². The molecule has 5 heteroatoms. The van der Waals surface area contributed by atoms with Gasteiger partial charge in [-0.1, -0.05) is 42.5 Å². The van der Waals surface area contributed by atoms with Crippen LogP contribution in [0.2, 0.25) is 0 Å². The Balaban J connectivity index is 0.00000243. The average molecular weight is 465 g/mol. The minimum Gasteiger partial charge on any atom is -0.497 e. The van der Waals surface area contributed by atoms with Crippen LogP contribution in [0.15, 0.2) is 59.6 Å². The highest BCUT2D eigenvalue weighted by Gasteiger charge is 2.37. The molecule has 0 aromatic heterocycles. The number of nitrogens with zero attached hydrogens (tertiary/aromatic N) is 1. The highest BCUT2D eigenvalue weighted by Crippen LogP contribution is 2.46. The number of hydrogen-bond donors (Lipinski definition) is 2. The monoisotopic (exact) mass is 465 g/mol. The topological polar surface area (TPSA) is 45.7 Å². The molecule has 1 aliphatic rings. The van der Waals surface area contributed by atoms with Crippen LogP contribution in [0.3, 0.4) is 0 Å². The van der Waals surface area contributed by atoms with Crippen LogP contribution in [0.5, 0.6) is 5.75 Å². The third-order valence-electron chi connectivity index (χ3n) is 4.61. The first-order valence-corrected chi connectivity index (χ1v) is 9.00. The molecule has 2 aromatic carbocycles. The number of rotatable bonds is 7. The Bertz CT molecular complexity index is 688. The minimum atomic E-state index is 0. The second kappa shape index (κ2) is 10.4. The summed E-state index contributed by atoms with van der Waals surface area (Å²) in [5.74, 6) is 3.15. The highest BCUT2D eigenvalue weighted by molar-refractivity contribution is 14.0. The van der Waals surface area contributed by atoms with Crippen LogP contribution in [0.25, 0.3) is 0 Å². The van der Waals surface area contributed by atoms with E-state index < -0.39 is 0 Å². The van der Waals surface area contributed by atoms with E-state index in [-0.39, 0.29) is 24.0 Å². The first-order valence-electron chi connectivity index (χ1n) is 9.00. The van der Waals surface area contributed by atoms with Crippen LogP contribution in [0.1, 0.15) is 30.4 Å². The van der Waals surface area contributed by atoms with Gasteiger partial charge in [-0.15, -0.1) is 24.0 Å². The van der Waals surface area contributed by atoms with Crippen LogP contribution in [0.4, 0.5) is 0 Å². The molecule has 1 fully saturated rings. The number of aliphatic imine (C=N–C) groups is 1. The van der Waals surface area contributed by atoms with Crippen molar-refractivity contribution < 1.29 is 4.74 Å². The van der Waals surface area contributed by atoms with Crippen molar-refractivity contribution in [3.63, 3.8) is 0 Å². The van der Waals surface area contributed by atoms with Crippen molar-refractivity contribution in [1.29, 1.82) is 0 Å². The molecule has 0 spiro atoms. The van der Waals surface area contributed by atoms with Crippen molar-refractivity contribution in [1.82, 2.24) is 10.6 Å². The van der Waals surface area contributed by atoms with Crippen molar-refractivity contribution in [3.8, 4) is 5.75 Å². The largest absolute Gasteiger partial charge is 0.497 e. The van der Waals surface area contributed by atoms with E-state index in [1.54, 1.807) is 7.11 Å². The number of ether oxygens (including phenoxy) is 1. The Hall–Kier alpha value is -1.76. The van der Waals surface area contributed by atoms with Crippen molar-refractivity contribution >= 4 is 29.9 Å². The molecule has 0 amide bonds. The van der Waals surface area contributed by atoms with Crippen LogP contribution < -0.4 is 15.4 Å². The molecule has 0 aliphatic heterocycles. The molecule has 3 rings (SSSR count). The standard InChI is InChI=1S/C21H27N3O.HI/c1-3-22-21(23-14-16-9-11-19(25-2)12-10-16)24-15-18-13-20(18)17-7-5-4-6-8-17;/h4-12,18,20H,3,13-15H2,1-2H3,(H2,22,23,24);1H. The van der Waals surface area contributed by atoms with Gasteiger partial charge in [-0.3, -0.25) is 0 Å². The number of halogens is 1. The lowest BCUT2D eigenvalue weighted by Crippen LogP contribution is -2.38. The molecule has 0 saturated heterocycles. The summed E-state index contributed by atoms with van der Waals surface area (Å²) in [6.07, 6.45) is 1.26. The minimum absolute atomic E-state index is 0. The summed E-state index contributed by atoms with van der Waals surface area (Å²) in [5, 5.41) is 6.82. The molecule has 1 saturated carbocycles. The van der Waals surface area contributed by atoms with Gasteiger partial charge in [-0.05, 0) is 48.4 Å². The predicted octanol–water partition coefficient (Wildman–Crippen LogP) is 4.17. The molecule has 26 heavy (non-hydrogen) atoms. The number of guanidine groups is 1. The molecule has 140 valence electrons. The van der Waals surface area contributed by atoms with Crippen LogP contribution in [0, 0.1) is 5.92 Å². The first-order chi connectivity index (χ1) is 12.3.